The maximum absolute atomic E-state index is 9.50. The molecule has 0 amide bonds. The number of aromatic hydroxyl groups is 2. The normalized spacial score (nSPS) is 10.4. The molecule has 0 bridgehead atoms. The lowest BCUT2D eigenvalue weighted by molar-refractivity contribution is 0.475. The third-order valence-corrected chi connectivity index (χ3v) is 3.43. The van der Waals surface area contributed by atoms with Gasteiger partial charge in [0.1, 0.15) is 10.8 Å². The van der Waals surface area contributed by atoms with Crippen LogP contribution in [0.4, 0.5) is 11.4 Å². The van der Waals surface area contributed by atoms with Crippen LogP contribution in [0.15, 0.2) is 30.3 Å². The second-order valence-corrected chi connectivity index (χ2v) is 4.72. The molecule has 0 fully saturated rings. The quantitative estimate of drug-likeness (QED) is 0.551. The van der Waals surface area contributed by atoms with Crippen LogP contribution in [0.3, 0.4) is 0 Å². The van der Waals surface area contributed by atoms with Crippen LogP contribution in [0.2, 0.25) is 15.1 Å². The van der Waals surface area contributed by atoms with Crippen LogP contribution < -0.4 is 5.32 Å². The van der Waals surface area contributed by atoms with Crippen molar-refractivity contribution in [3.05, 3.63) is 45.4 Å². The van der Waals surface area contributed by atoms with E-state index in [1.807, 2.05) is 0 Å². The summed E-state index contributed by atoms with van der Waals surface area (Å²) in [6, 6.07) is 7.86. The minimum atomic E-state index is -0.250. The van der Waals surface area contributed by atoms with Crippen LogP contribution in [0.25, 0.3) is 0 Å². The van der Waals surface area contributed by atoms with Crippen molar-refractivity contribution in [2.24, 2.45) is 0 Å². The van der Waals surface area contributed by atoms with Crippen molar-refractivity contribution < 1.29 is 10.2 Å². The Labute approximate surface area is 119 Å². The predicted molar refractivity (Wildman–Crippen MR) is 74.5 cm³/mol. The second-order valence-electron chi connectivity index (χ2n) is 3.55. The molecule has 0 aliphatic rings. The van der Waals surface area contributed by atoms with Crippen LogP contribution in [0, 0.1) is 0 Å². The van der Waals surface area contributed by atoms with Crippen LogP contribution in [-0.4, -0.2) is 10.2 Å². The van der Waals surface area contributed by atoms with Crippen LogP contribution in [-0.2, 0) is 0 Å². The minimum absolute atomic E-state index is 0.00885. The predicted octanol–water partition coefficient (Wildman–Crippen LogP) is 4.80. The van der Waals surface area contributed by atoms with Gasteiger partial charge in [0.2, 0.25) is 0 Å². The maximum atomic E-state index is 9.50. The molecule has 0 spiro atoms. The lowest BCUT2D eigenvalue weighted by Gasteiger charge is -2.11. The molecule has 3 nitrogen and oxygen atoms in total. The second kappa shape index (κ2) is 5.14. The zero-order valence-electron chi connectivity index (χ0n) is 8.92. The number of hydrogen-bond acceptors (Lipinski definition) is 3. The first-order valence-electron chi connectivity index (χ1n) is 4.91. The molecule has 0 atom stereocenters. The highest BCUT2D eigenvalue weighted by molar-refractivity contribution is 6.46. The molecule has 0 saturated carbocycles. The Morgan fingerprint density at radius 1 is 0.889 bits per heavy atom. The van der Waals surface area contributed by atoms with E-state index < -0.39 is 0 Å². The molecule has 3 N–H and O–H groups in total. The fraction of sp³-hybridized carbons (Fsp3) is 0. The molecule has 0 saturated heterocycles. The van der Waals surface area contributed by atoms with E-state index in [-0.39, 0.29) is 26.6 Å². The van der Waals surface area contributed by atoms with Gasteiger partial charge in [0.05, 0.1) is 15.7 Å². The van der Waals surface area contributed by atoms with Gasteiger partial charge in [-0.05, 0) is 30.3 Å². The number of phenolic OH excluding ortho intramolecular Hbond substituents is 2. The molecule has 18 heavy (non-hydrogen) atoms. The van der Waals surface area contributed by atoms with Gasteiger partial charge in [0.15, 0.2) is 5.75 Å². The molecular formula is C12H8Cl3NO2. The van der Waals surface area contributed by atoms with Crippen LogP contribution in [0.5, 0.6) is 11.5 Å². The highest BCUT2D eigenvalue weighted by Gasteiger charge is 2.13. The summed E-state index contributed by atoms with van der Waals surface area (Å²) in [5.74, 6) is -0.0898. The van der Waals surface area contributed by atoms with Crippen molar-refractivity contribution in [1.82, 2.24) is 0 Å². The van der Waals surface area contributed by atoms with E-state index in [4.69, 9.17) is 34.8 Å². The average Bonchev–Trinajstić information content (AvgIpc) is 2.36. The smallest absolute Gasteiger partial charge is 0.154 e. The van der Waals surface area contributed by atoms with Crippen LogP contribution in [0.1, 0.15) is 0 Å². The van der Waals surface area contributed by atoms with E-state index in [0.717, 1.165) is 0 Å². The van der Waals surface area contributed by atoms with Gasteiger partial charge >= 0.3 is 0 Å². The van der Waals surface area contributed by atoms with Crippen molar-refractivity contribution in [2.45, 2.75) is 0 Å². The SMILES string of the molecule is Oc1ccc(Nc2cc(Cl)c(O)c(Cl)c2Cl)cc1. The van der Waals surface area contributed by atoms with Crippen molar-refractivity contribution in [3.63, 3.8) is 0 Å². The highest BCUT2D eigenvalue weighted by Crippen LogP contribution is 2.42. The third kappa shape index (κ3) is 2.58. The number of rotatable bonds is 2. The van der Waals surface area contributed by atoms with Gasteiger partial charge in [-0.25, -0.2) is 0 Å². The van der Waals surface area contributed by atoms with E-state index in [1.165, 1.54) is 18.2 Å². The Balaban J connectivity index is 2.38. The van der Waals surface area contributed by atoms with Crippen molar-refractivity contribution >= 4 is 46.2 Å². The summed E-state index contributed by atoms with van der Waals surface area (Å²) >= 11 is 17.6. The Morgan fingerprint density at radius 3 is 2.11 bits per heavy atom. The zero-order chi connectivity index (χ0) is 13.3. The Morgan fingerprint density at radius 2 is 1.50 bits per heavy atom. The fourth-order valence-electron chi connectivity index (χ4n) is 1.38. The first kappa shape index (κ1) is 13.1. The highest BCUT2D eigenvalue weighted by atomic mass is 35.5. The zero-order valence-corrected chi connectivity index (χ0v) is 11.2. The van der Waals surface area contributed by atoms with Gasteiger partial charge in [-0.1, -0.05) is 34.8 Å². The Bertz CT molecular complexity index is 585. The Hall–Kier alpha value is -1.29. The van der Waals surface area contributed by atoms with Gasteiger partial charge in [0, 0.05) is 5.69 Å². The van der Waals surface area contributed by atoms with Gasteiger partial charge in [-0.2, -0.15) is 0 Å². The van der Waals surface area contributed by atoms with Gasteiger partial charge in [-0.3, -0.25) is 0 Å². The maximum Gasteiger partial charge on any atom is 0.154 e. The van der Waals surface area contributed by atoms with Crippen LogP contribution >= 0.6 is 34.8 Å². The molecule has 0 unspecified atom stereocenters. The first-order chi connectivity index (χ1) is 8.49. The van der Waals surface area contributed by atoms with E-state index >= 15 is 0 Å². The molecule has 2 rings (SSSR count). The Kier molecular flexibility index (Phi) is 3.76. The largest absolute Gasteiger partial charge is 0.508 e. The summed E-state index contributed by atoms with van der Waals surface area (Å²) in [7, 11) is 0. The summed E-state index contributed by atoms with van der Waals surface area (Å²) in [6.07, 6.45) is 0. The lowest BCUT2D eigenvalue weighted by atomic mass is 10.2. The molecule has 0 aromatic heterocycles. The molecule has 94 valence electrons. The monoisotopic (exact) mass is 303 g/mol. The third-order valence-electron chi connectivity index (χ3n) is 2.28. The lowest BCUT2D eigenvalue weighted by Crippen LogP contribution is -1.92. The molecule has 2 aromatic rings. The number of anilines is 2. The first-order valence-corrected chi connectivity index (χ1v) is 6.05. The van der Waals surface area contributed by atoms with E-state index in [0.29, 0.717) is 11.4 Å². The number of hydrogen-bond donors (Lipinski definition) is 3. The van der Waals surface area contributed by atoms with Crippen molar-refractivity contribution in [3.8, 4) is 11.5 Å². The minimum Gasteiger partial charge on any atom is -0.508 e. The van der Waals surface area contributed by atoms with E-state index in [2.05, 4.69) is 5.32 Å². The van der Waals surface area contributed by atoms with Crippen molar-refractivity contribution in [1.29, 1.82) is 0 Å². The number of benzene rings is 2. The summed E-state index contributed by atoms with van der Waals surface area (Å²) in [4.78, 5) is 0. The van der Waals surface area contributed by atoms with Crippen molar-refractivity contribution in [2.75, 3.05) is 5.32 Å². The number of nitrogens with one attached hydrogen (secondary N) is 1. The molecule has 0 aliphatic carbocycles. The summed E-state index contributed by atoms with van der Waals surface area (Å²) in [5.41, 5.74) is 1.17. The summed E-state index contributed by atoms with van der Waals surface area (Å²) < 4.78 is 0. The molecular weight excluding hydrogens is 296 g/mol. The standard InChI is InChI=1S/C12H8Cl3NO2/c13-8-5-9(10(14)11(15)12(8)18)16-6-1-3-7(17)4-2-6/h1-5,16-18H. The number of phenols is 2. The molecule has 0 radical (unpaired) electrons. The number of halogens is 3. The average molecular weight is 305 g/mol. The van der Waals surface area contributed by atoms with Gasteiger partial charge in [-0.15, -0.1) is 0 Å². The molecule has 2 aromatic carbocycles. The molecule has 0 aliphatic heterocycles. The summed E-state index contributed by atoms with van der Waals surface area (Å²) in [5, 5.41) is 21.9. The molecule has 0 heterocycles. The van der Waals surface area contributed by atoms with E-state index in [9.17, 15) is 10.2 Å². The van der Waals surface area contributed by atoms with Gasteiger partial charge < -0.3 is 15.5 Å². The molecule has 6 heteroatoms. The van der Waals surface area contributed by atoms with E-state index in [1.54, 1.807) is 12.1 Å². The summed E-state index contributed by atoms with van der Waals surface area (Å²) in [6.45, 7) is 0. The topological polar surface area (TPSA) is 52.5 Å². The van der Waals surface area contributed by atoms with Gasteiger partial charge in [0.25, 0.3) is 0 Å². The fourth-order valence-corrected chi connectivity index (χ4v) is 2.02.